The minimum Gasteiger partial charge on any atom is -0.394 e. The predicted molar refractivity (Wildman–Crippen MR) is 387 cm³/mol. The normalized spacial score (nSPS) is 23.2. The van der Waals surface area contributed by atoms with Crippen molar-refractivity contribution in [3.63, 3.8) is 0 Å². The van der Waals surface area contributed by atoms with E-state index in [2.05, 4.69) is 129 Å². The minimum atomic E-state index is -1.79. The van der Waals surface area contributed by atoms with Crippen LogP contribution in [-0.4, -0.2) is 140 Å². The molecule has 0 aromatic heterocycles. The van der Waals surface area contributed by atoms with Crippen molar-refractivity contribution in [1.29, 1.82) is 0 Å². The van der Waals surface area contributed by atoms with E-state index in [0.717, 1.165) is 103 Å². The molecule has 0 aliphatic carbocycles. The Balaban J connectivity index is 1.65. The summed E-state index contributed by atoms with van der Waals surface area (Å²) in [4.78, 5) is 13.4. The predicted octanol–water partition coefficient (Wildman–Crippen LogP) is 16.5. The Labute approximate surface area is 571 Å². The number of carbonyl (C=O) groups excluding carboxylic acids is 1. The Morgan fingerprint density at radius 3 is 1.13 bits per heavy atom. The highest BCUT2D eigenvalue weighted by Crippen LogP contribution is 2.30. The molecule has 2 aliphatic rings. The fourth-order valence-electron chi connectivity index (χ4n) is 11.7. The maximum Gasteiger partial charge on any atom is 0.220 e. The summed E-state index contributed by atoms with van der Waals surface area (Å²) >= 11 is 0. The molecular formula is C80H137NO13. The lowest BCUT2D eigenvalue weighted by Gasteiger charge is -2.46. The van der Waals surface area contributed by atoms with Crippen LogP contribution < -0.4 is 5.32 Å². The number of carbonyl (C=O) groups is 1. The SMILES string of the molecule is CC/C=C\C/C=C\C/C=C\C/C=C\C/C=C\C/C=C\C/C=C\C/C=C\C/C=C\CCCCCCCCCCCC(=O)NC(COC1OC(CO)C(OC2OC(CO)C(O)C(O)C2O)C(O)C1O)C(O)/C=C/CCCCCCCCCCCCCCCCCCCCCCC. The van der Waals surface area contributed by atoms with Gasteiger partial charge in [0.05, 0.1) is 32.0 Å². The number of hydrogen-bond acceptors (Lipinski definition) is 13. The molecule has 9 N–H and O–H groups in total. The monoisotopic (exact) mass is 1320 g/mol. The summed E-state index contributed by atoms with van der Waals surface area (Å²) in [6.07, 6.45) is 75.3. The van der Waals surface area contributed by atoms with Gasteiger partial charge < -0.3 is 65.1 Å². The number of nitrogens with one attached hydrogen (secondary N) is 1. The van der Waals surface area contributed by atoms with Gasteiger partial charge in [-0.2, -0.15) is 0 Å². The zero-order valence-electron chi connectivity index (χ0n) is 58.9. The van der Waals surface area contributed by atoms with Crippen LogP contribution in [0.15, 0.2) is 122 Å². The number of hydrogen-bond donors (Lipinski definition) is 9. The van der Waals surface area contributed by atoms with E-state index in [4.69, 9.17) is 18.9 Å². The molecule has 0 spiro atoms. The molecular weight excluding hydrogens is 1180 g/mol. The molecule has 0 aromatic rings. The van der Waals surface area contributed by atoms with E-state index in [0.29, 0.717) is 6.42 Å². The molecule has 12 atom stereocenters. The zero-order valence-corrected chi connectivity index (χ0v) is 58.9. The number of rotatable bonds is 61. The number of aliphatic hydroxyl groups is 8. The van der Waals surface area contributed by atoms with Crippen molar-refractivity contribution in [2.24, 2.45) is 0 Å². The molecule has 2 heterocycles. The first kappa shape index (κ1) is 86.5. The lowest BCUT2D eigenvalue weighted by Crippen LogP contribution is -2.65. The first-order valence-electron chi connectivity index (χ1n) is 37.8. The third-order valence-corrected chi connectivity index (χ3v) is 17.7. The Morgan fingerprint density at radius 2 is 0.734 bits per heavy atom. The Hall–Kier alpha value is -3.61. The van der Waals surface area contributed by atoms with Crippen molar-refractivity contribution in [2.75, 3.05) is 19.8 Å². The molecule has 12 unspecified atom stereocenters. The first-order valence-corrected chi connectivity index (χ1v) is 37.8. The summed E-state index contributed by atoms with van der Waals surface area (Å²) in [5.41, 5.74) is 0. The lowest BCUT2D eigenvalue weighted by atomic mass is 9.97. The largest absolute Gasteiger partial charge is 0.394 e. The Bertz CT molecular complexity index is 2040. The fourth-order valence-corrected chi connectivity index (χ4v) is 11.7. The highest BCUT2D eigenvalue weighted by atomic mass is 16.7. The van der Waals surface area contributed by atoms with Crippen LogP contribution in [0.5, 0.6) is 0 Å². The molecule has 14 heteroatoms. The zero-order chi connectivity index (χ0) is 68.0. The van der Waals surface area contributed by atoms with Crippen LogP contribution in [0.4, 0.5) is 0 Å². The minimum absolute atomic E-state index is 0.248. The van der Waals surface area contributed by atoms with Crippen molar-refractivity contribution in [3.05, 3.63) is 122 Å². The molecule has 0 radical (unpaired) electrons. The summed E-state index contributed by atoms with van der Waals surface area (Å²) in [6, 6.07) is -0.928. The smallest absolute Gasteiger partial charge is 0.220 e. The van der Waals surface area contributed by atoms with Crippen molar-refractivity contribution < 1.29 is 64.6 Å². The van der Waals surface area contributed by atoms with Crippen molar-refractivity contribution in [2.45, 2.75) is 357 Å². The van der Waals surface area contributed by atoms with Crippen LogP contribution >= 0.6 is 0 Å². The summed E-state index contributed by atoms with van der Waals surface area (Å²) in [6.45, 7) is 2.70. The molecule has 2 saturated heterocycles. The van der Waals surface area contributed by atoms with Gasteiger partial charge in [0.2, 0.25) is 5.91 Å². The van der Waals surface area contributed by atoms with Crippen LogP contribution in [0.25, 0.3) is 0 Å². The standard InChI is InChI=1S/C80H137NO13/c1-3-5-7-9-11-13-15-17-19-21-23-25-27-28-29-30-31-32-33-34-35-36-37-38-39-40-42-44-46-48-50-52-54-56-58-60-62-64-72(85)81-68(67-91-79-77(90)75(88)78(71(66-83)93-79)94-80-76(89)74(87)73(86)70(65-82)92-80)69(84)63-61-59-57-55-53-51-49-47-45-43-41-26-24-22-20-18-16-14-12-10-8-6-4-2/h5,7,11,13,17,19,23,25,28-29,31-32,34-35,37-38,40,42,61,63,68-71,73-80,82-84,86-90H,3-4,6,8-10,12,14-16,18,20-22,24,26-27,30,33,36,39,41,43-60,62,64-67H2,1-2H3,(H,81,85)/b7-5-,13-11-,19-17-,25-23-,29-28-,32-31-,35-34-,38-37-,42-40-,63-61+. The molecule has 540 valence electrons. The Kier molecular flexibility index (Phi) is 57.8. The van der Waals surface area contributed by atoms with E-state index in [9.17, 15) is 45.6 Å². The van der Waals surface area contributed by atoms with Crippen LogP contribution in [-0.2, 0) is 23.7 Å². The molecule has 14 nitrogen and oxygen atoms in total. The molecule has 0 aromatic carbocycles. The highest BCUT2D eigenvalue weighted by Gasteiger charge is 2.51. The van der Waals surface area contributed by atoms with Crippen molar-refractivity contribution in [3.8, 4) is 0 Å². The second-order valence-electron chi connectivity index (χ2n) is 26.0. The van der Waals surface area contributed by atoms with Crippen LogP contribution in [0.1, 0.15) is 284 Å². The van der Waals surface area contributed by atoms with E-state index in [-0.39, 0.29) is 18.9 Å². The number of allylic oxidation sites excluding steroid dienone is 19. The summed E-state index contributed by atoms with van der Waals surface area (Å²) in [5.74, 6) is -0.248. The quantitative estimate of drug-likeness (QED) is 0.0204. The molecule has 2 aliphatic heterocycles. The van der Waals surface area contributed by atoms with Gasteiger partial charge in [0.1, 0.15) is 48.8 Å². The Morgan fingerprint density at radius 1 is 0.394 bits per heavy atom. The van der Waals surface area contributed by atoms with Crippen molar-refractivity contribution >= 4 is 5.91 Å². The summed E-state index contributed by atoms with van der Waals surface area (Å²) < 4.78 is 22.9. The topological polar surface area (TPSA) is 228 Å². The van der Waals surface area contributed by atoms with E-state index in [1.807, 2.05) is 6.08 Å². The molecule has 1 amide bonds. The molecule has 94 heavy (non-hydrogen) atoms. The van der Waals surface area contributed by atoms with E-state index >= 15 is 0 Å². The number of ether oxygens (including phenoxy) is 4. The second kappa shape index (κ2) is 62.9. The lowest BCUT2D eigenvalue weighted by molar-refractivity contribution is -0.359. The van der Waals surface area contributed by atoms with Gasteiger partial charge in [-0.05, 0) is 89.9 Å². The molecule has 2 fully saturated rings. The van der Waals surface area contributed by atoms with Gasteiger partial charge in [-0.15, -0.1) is 0 Å². The fraction of sp³-hybridized carbons (Fsp3) is 0.738. The van der Waals surface area contributed by atoms with E-state index < -0.39 is 86.8 Å². The van der Waals surface area contributed by atoms with Gasteiger partial charge in [0.25, 0.3) is 0 Å². The van der Waals surface area contributed by atoms with Gasteiger partial charge in [0.15, 0.2) is 12.6 Å². The maximum absolute atomic E-state index is 13.4. The van der Waals surface area contributed by atoms with Gasteiger partial charge in [-0.25, -0.2) is 0 Å². The highest BCUT2D eigenvalue weighted by molar-refractivity contribution is 5.76. The van der Waals surface area contributed by atoms with E-state index in [1.54, 1.807) is 6.08 Å². The average Bonchev–Trinajstić information content (AvgIpc) is 0.794. The second-order valence-corrected chi connectivity index (χ2v) is 26.0. The molecule has 2 rings (SSSR count). The third-order valence-electron chi connectivity index (χ3n) is 17.7. The van der Waals surface area contributed by atoms with E-state index in [1.165, 1.54) is 154 Å². The molecule has 0 bridgehead atoms. The van der Waals surface area contributed by atoms with Crippen LogP contribution in [0.2, 0.25) is 0 Å². The third kappa shape index (κ3) is 45.8. The summed E-state index contributed by atoms with van der Waals surface area (Å²) in [7, 11) is 0. The van der Waals surface area contributed by atoms with Crippen LogP contribution in [0, 0.1) is 0 Å². The van der Waals surface area contributed by atoms with Gasteiger partial charge in [-0.1, -0.05) is 309 Å². The van der Waals surface area contributed by atoms with Crippen LogP contribution in [0.3, 0.4) is 0 Å². The van der Waals surface area contributed by atoms with Gasteiger partial charge >= 0.3 is 0 Å². The average molecular weight is 1320 g/mol. The molecule has 0 saturated carbocycles. The number of aliphatic hydroxyl groups excluding tert-OH is 8. The maximum atomic E-state index is 13.4. The number of amides is 1. The number of unbranched alkanes of at least 4 members (excludes halogenated alkanes) is 30. The van der Waals surface area contributed by atoms with Gasteiger partial charge in [0, 0.05) is 6.42 Å². The van der Waals surface area contributed by atoms with Crippen molar-refractivity contribution in [1.82, 2.24) is 5.32 Å². The van der Waals surface area contributed by atoms with Gasteiger partial charge in [-0.3, -0.25) is 4.79 Å². The summed E-state index contributed by atoms with van der Waals surface area (Å²) in [5, 5.41) is 87.6. The first-order chi connectivity index (χ1) is 46.1.